The van der Waals surface area contributed by atoms with Crippen LogP contribution in [0.25, 0.3) is 0 Å². The summed E-state index contributed by atoms with van der Waals surface area (Å²) in [5, 5.41) is 15.6. The van der Waals surface area contributed by atoms with Crippen molar-refractivity contribution in [3.8, 4) is 0 Å². The highest BCUT2D eigenvalue weighted by Gasteiger charge is 2.49. The second-order valence-corrected chi connectivity index (χ2v) is 11.6. The Kier molecular flexibility index (Phi) is 6.01. The van der Waals surface area contributed by atoms with Gasteiger partial charge in [-0.2, -0.15) is 0 Å². The number of carboxylic acid groups (broad SMARTS) is 2. The monoisotopic (exact) mass is 418 g/mol. The molecule has 0 aliphatic heterocycles. The zero-order valence-corrected chi connectivity index (χ0v) is 18.0. The van der Waals surface area contributed by atoms with E-state index in [0.29, 0.717) is 23.2 Å². The molecular weight excluding hydrogens is 380 g/mol. The maximum absolute atomic E-state index is 9.55. The van der Waals surface area contributed by atoms with Crippen molar-refractivity contribution in [1.29, 1.82) is 0 Å². The lowest BCUT2D eigenvalue weighted by Crippen LogP contribution is -2.55. The molecule has 0 unspecified atom stereocenters. The van der Waals surface area contributed by atoms with Crippen LogP contribution in [-0.2, 0) is 9.59 Å². The Morgan fingerprint density at radius 2 is 0.767 bits per heavy atom. The number of aliphatic carboxylic acids is 2. The summed E-state index contributed by atoms with van der Waals surface area (Å²) in [4.78, 5) is 19.1. The third-order valence-electron chi connectivity index (χ3n) is 8.54. The first-order chi connectivity index (χ1) is 14.1. The fourth-order valence-electron chi connectivity index (χ4n) is 8.50. The minimum absolute atomic E-state index is 0.300. The first kappa shape index (κ1) is 21.8. The average molecular weight is 419 g/mol. The average Bonchev–Trinajstić information content (AvgIpc) is 2.56. The standard InChI is InChI=1S/2C10H17N.C4H4O4/c2*11-10-4-7-1-8(5-10)3-9(2-7)6-10;5-3(6)1-2-4(7)8/h2*7-9H,1-6,11H2;1-2H,(H,5,6)(H,7,8)/b;;2-1+. The topological polar surface area (TPSA) is 127 Å². The van der Waals surface area contributed by atoms with Gasteiger partial charge in [0.1, 0.15) is 0 Å². The van der Waals surface area contributed by atoms with Gasteiger partial charge in [-0.25, -0.2) is 9.59 Å². The molecule has 8 rings (SSSR count). The maximum atomic E-state index is 9.55. The van der Waals surface area contributed by atoms with Crippen LogP contribution in [0.1, 0.15) is 77.0 Å². The number of hydrogen-bond donors (Lipinski definition) is 4. The summed E-state index contributed by atoms with van der Waals surface area (Å²) >= 11 is 0. The van der Waals surface area contributed by atoms with E-state index in [1.54, 1.807) is 0 Å². The molecule has 0 aromatic carbocycles. The lowest BCUT2D eigenvalue weighted by molar-refractivity contribution is -0.134. The number of nitrogens with two attached hydrogens (primary N) is 2. The Morgan fingerprint density at radius 3 is 0.900 bits per heavy atom. The molecular formula is C24H38N2O4. The molecule has 0 amide bonds. The molecule has 8 fully saturated rings. The summed E-state index contributed by atoms with van der Waals surface area (Å²) in [5.74, 6) is 3.60. The zero-order valence-electron chi connectivity index (χ0n) is 18.0. The van der Waals surface area contributed by atoms with Crippen molar-refractivity contribution in [3.63, 3.8) is 0 Å². The number of carboxylic acids is 2. The van der Waals surface area contributed by atoms with Gasteiger partial charge in [0.15, 0.2) is 0 Å². The third kappa shape index (κ3) is 5.25. The Balaban J connectivity index is 0.000000111. The first-order valence-electron chi connectivity index (χ1n) is 11.8. The Labute approximate surface area is 179 Å². The van der Waals surface area contributed by atoms with Gasteiger partial charge < -0.3 is 21.7 Å². The van der Waals surface area contributed by atoms with Gasteiger partial charge in [0.25, 0.3) is 0 Å². The number of rotatable bonds is 2. The van der Waals surface area contributed by atoms with Crippen molar-refractivity contribution in [2.45, 2.75) is 88.1 Å². The van der Waals surface area contributed by atoms with Crippen LogP contribution in [0.3, 0.4) is 0 Å². The van der Waals surface area contributed by atoms with Gasteiger partial charge >= 0.3 is 11.9 Å². The third-order valence-corrected chi connectivity index (χ3v) is 8.54. The molecule has 0 heterocycles. The van der Waals surface area contributed by atoms with Crippen LogP contribution in [0.4, 0.5) is 0 Å². The molecule has 8 aliphatic carbocycles. The Hall–Kier alpha value is -1.40. The van der Waals surface area contributed by atoms with Crippen LogP contribution in [0.15, 0.2) is 12.2 Å². The summed E-state index contributed by atoms with van der Waals surface area (Å²) < 4.78 is 0. The summed E-state index contributed by atoms with van der Waals surface area (Å²) in [5.41, 5.74) is 13.2. The first-order valence-corrected chi connectivity index (χ1v) is 11.8. The Bertz CT molecular complexity index is 573. The molecule has 8 saturated carbocycles. The maximum Gasteiger partial charge on any atom is 0.328 e. The minimum Gasteiger partial charge on any atom is -0.478 e. The van der Waals surface area contributed by atoms with E-state index in [4.69, 9.17) is 21.7 Å². The van der Waals surface area contributed by atoms with Gasteiger partial charge in [-0.1, -0.05) is 0 Å². The van der Waals surface area contributed by atoms with Crippen molar-refractivity contribution >= 4 is 11.9 Å². The van der Waals surface area contributed by atoms with Gasteiger partial charge in [0, 0.05) is 23.2 Å². The largest absolute Gasteiger partial charge is 0.478 e. The lowest BCUT2D eigenvalue weighted by atomic mass is 9.53. The van der Waals surface area contributed by atoms with Crippen LogP contribution in [-0.4, -0.2) is 33.2 Å². The van der Waals surface area contributed by atoms with E-state index in [-0.39, 0.29) is 0 Å². The van der Waals surface area contributed by atoms with Crippen LogP contribution in [0.2, 0.25) is 0 Å². The fourth-order valence-corrected chi connectivity index (χ4v) is 8.50. The molecule has 0 saturated heterocycles. The van der Waals surface area contributed by atoms with E-state index in [2.05, 4.69) is 0 Å². The predicted molar refractivity (Wildman–Crippen MR) is 115 cm³/mol. The summed E-state index contributed by atoms with van der Waals surface area (Å²) in [6, 6.07) is 0. The van der Waals surface area contributed by atoms with Crippen LogP contribution in [0, 0.1) is 35.5 Å². The molecule has 8 aliphatic rings. The normalized spacial score (nSPS) is 46.7. The Morgan fingerprint density at radius 1 is 0.567 bits per heavy atom. The summed E-state index contributed by atoms with van der Waals surface area (Å²) in [7, 11) is 0. The van der Waals surface area contributed by atoms with E-state index in [9.17, 15) is 9.59 Å². The molecule has 6 heteroatoms. The highest BCUT2D eigenvalue weighted by Crippen LogP contribution is 2.55. The predicted octanol–water partition coefficient (Wildman–Crippen LogP) is 3.54. The molecule has 0 spiro atoms. The van der Waals surface area contributed by atoms with E-state index in [1.807, 2.05) is 0 Å². The van der Waals surface area contributed by atoms with Crippen LogP contribution < -0.4 is 11.5 Å². The minimum atomic E-state index is -1.26. The molecule has 6 N–H and O–H groups in total. The lowest BCUT2D eigenvalue weighted by Gasteiger charge is -2.55. The molecule has 6 nitrogen and oxygen atoms in total. The van der Waals surface area contributed by atoms with Gasteiger partial charge in [-0.05, 0) is 113 Å². The van der Waals surface area contributed by atoms with E-state index in [1.165, 1.54) is 77.0 Å². The second kappa shape index (κ2) is 8.27. The van der Waals surface area contributed by atoms with Crippen molar-refractivity contribution in [2.24, 2.45) is 47.0 Å². The molecule has 0 aromatic rings. The van der Waals surface area contributed by atoms with Crippen LogP contribution >= 0.6 is 0 Å². The molecule has 8 bridgehead atoms. The molecule has 0 radical (unpaired) electrons. The number of carbonyl (C=O) groups is 2. The molecule has 0 aromatic heterocycles. The SMILES string of the molecule is NC12CC3CC(CC(C3)C1)C2.NC12CC3CC(CC(C3)C1)C2.O=C(O)/C=C/C(=O)O. The number of hydrogen-bond acceptors (Lipinski definition) is 4. The molecule has 168 valence electrons. The molecule has 30 heavy (non-hydrogen) atoms. The van der Waals surface area contributed by atoms with Gasteiger partial charge in [-0.15, -0.1) is 0 Å². The zero-order chi connectivity index (χ0) is 21.5. The highest BCUT2D eigenvalue weighted by atomic mass is 16.4. The van der Waals surface area contributed by atoms with Gasteiger partial charge in [0.05, 0.1) is 0 Å². The fraction of sp³-hybridized carbons (Fsp3) is 0.833. The quantitative estimate of drug-likeness (QED) is 0.508. The molecule has 0 atom stereocenters. The van der Waals surface area contributed by atoms with Crippen molar-refractivity contribution in [3.05, 3.63) is 12.2 Å². The summed E-state index contributed by atoms with van der Waals surface area (Å²) in [6.07, 6.45) is 18.3. The van der Waals surface area contributed by atoms with E-state index in [0.717, 1.165) is 35.5 Å². The highest BCUT2D eigenvalue weighted by molar-refractivity contribution is 5.89. The van der Waals surface area contributed by atoms with Crippen molar-refractivity contribution < 1.29 is 19.8 Å². The van der Waals surface area contributed by atoms with Gasteiger partial charge in [0.2, 0.25) is 0 Å². The van der Waals surface area contributed by atoms with Crippen LogP contribution in [0.5, 0.6) is 0 Å². The van der Waals surface area contributed by atoms with Crippen molar-refractivity contribution in [2.75, 3.05) is 0 Å². The van der Waals surface area contributed by atoms with Gasteiger partial charge in [-0.3, -0.25) is 0 Å². The summed E-state index contributed by atoms with van der Waals surface area (Å²) in [6.45, 7) is 0. The van der Waals surface area contributed by atoms with E-state index < -0.39 is 11.9 Å². The second-order valence-electron chi connectivity index (χ2n) is 11.6. The smallest absolute Gasteiger partial charge is 0.328 e. The van der Waals surface area contributed by atoms with E-state index >= 15 is 0 Å². The van der Waals surface area contributed by atoms with Crippen molar-refractivity contribution in [1.82, 2.24) is 0 Å².